The van der Waals surface area contributed by atoms with Gasteiger partial charge in [0.2, 0.25) is 0 Å². The zero-order valence-electron chi connectivity index (χ0n) is 28.0. The van der Waals surface area contributed by atoms with Gasteiger partial charge in [-0.25, -0.2) is 0 Å². The van der Waals surface area contributed by atoms with E-state index in [2.05, 4.69) is 74.4 Å². The molecule has 0 aliphatic rings. The highest BCUT2D eigenvalue weighted by Crippen LogP contribution is 2.39. The molecule has 4 N–H and O–H groups in total. The predicted molar refractivity (Wildman–Crippen MR) is 181 cm³/mol. The van der Waals surface area contributed by atoms with Crippen molar-refractivity contribution in [3.05, 3.63) is 112 Å². The van der Waals surface area contributed by atoms with Crippen molar-refractivity contribution in [1.29, 1.82) is 0 Å². The number of ether oxygens (including phenoxy) is 1. The fraction of sp³-hybridized carbons (Fsp3) is 0.385. The standard InChI is InChI=1S/C23H32O2.C16H18O3/c1-8-17(15-9-11-20(24)18(13-15)22(2,3)4)16-10-12-21(25)19(14-16)23(5,6)7;1-16(2,11-4-7-13(17)8-5-11)12-6-9-14(18)15(10-12)19-3/h9-14,17,24-25H,8H2,1-7H3;4-10,17-18H,1-3H3. The van der Waals surface area contributed by atoms with Crippen LogP contribution in [0.15, 0.2) is 78.9 Å². The molecule has 0 aromatic heterocycles. The first kappa shape index (κ1) is 34.4. The molecular weight excluding hydrogens is 548 g/mol. The molecule has 0 aliphatic heterocycles. The van der Waals surface area contributed by atoms with Gasteiger partial charge in [-0.3, -0.25) is 0 Å². The van der Waals surface area contributed by atoms with Crippen LogP contribution in [0, 0.1) is 0 Å². The minimum absolute atomic E-state index is 0.107. The van der Waals surface area contributed by atoms with Crippen LogP contribution < -0.4 is 4.74 Å². The summed E-state index contributed by atoms with van der Waals surface area (Å²) in [5.74, 6) is 1.79. The van der Waals surface area contributed by atoms with Crippen LogP contribution in [0.2, 0.25) is 0 Å². The van der Waals surface area contributed by atoms with Crippen LogP contribution in [-0.2, 0) is 16.2 Å². The molecule has 0 saturated carbocycles. The summed E-state index contributed by atoms with van der Waals surface area (Å²) in [4.78, 5) is 0. The molecule has 0 fully saturated rings. The Bertz CT molecular complexity index is 1490. The molecule has 4 aromatic rings. The van der Waals surface area contributed by atoms with E-state index in [-0.39, 0.29) is 33.7 Å². The van der Waals surface area contributed by atoms with Gasteiger partial charge >= 0.3 is 0 Å². The topological polar surface area (TPSA) is 90.2 Å². The fourth-order valence-electron chi connectivity index (χ4n) is 5.52. The fourth-order valence-corrected chi connectivity index (χ4v) is 5.52. The molecule has 0 spiro atoms. The number of rotatable bonds is 6. The van der Waals surface area contributed by atoms with Crippen LogP contribution in [0.3, 0.4) is 0 Å². The molecule has 0 heterocycles. The first-order chi connectivity index (χ1) is 20.4. The molecule has 4 rings (SSSR count). The molecule has 5 nitrogen and oxygen atoms in total. The lowest BCUT2D eigenvalue weighted by Crippen LogP contribution is -2.18. The third kappa shape index (κ3) is 7.88. The molecule has 0 saturated heterocycles. The quantitative estimate of drug-likeness (QED) is 0.177. The molecule has 5 heteroatoms. The Morgan fingerprint density at radius 3 is 1.41 bits per heavy atom. The van der Waals surface area contributed by atoms with Gasteiger partial charge in [0.15, 0.2) is 11.5 Å². The van der Waals surface area contributed by atoms with E-state index in [1.165, 1.54) is 18.2 Å². The summed E-state index contributed by atoms with van der Waals surface area (Å²) in [6, 6.07) is 24.4. The van der Waals surface area contributed by atoms with Crippen molar-refractivity contribution in [2.24, 2.45) is 0 Å². The Kier molecular flexibility index (Phi) is 10.4. The lowest BCUT2D eigenvalue weighted by atomic mass is 9.78. The maximum Gasteiger partial charge on any atom is 0.160 e. The van der Waals surface area contributed by atoms with Gasteiger partial charge in [-0.1, -0.05) is 105 Å². The summed E-state index contributed by atoms with van der Waals surface area (Å²) in [7, 11) is 1.53. The molecule has 4 aromatic carbocycles. The summed E-state index contributed by atoms with van der Waals surface area (Å²) >= 11 is 0. The Balaban J connectivity index is 0.000000249. The second-order valence-corrected chi connectivity index (χ2v) is 14.1. The van der Waals surface area contributed by atoms with Gasteiger partial charge in [0.25, 0.3) is 0 Å². The Labute approximate surface area is 263 Å². The van der Waals surface area contributed by atoms with Gasteiger partial charge in [0.1, 0.15) is 17.2 Å². The van der Waals surface area contributed by atoms with Crippen LogP contribution in [0.5, 0.6) is 28.7 Å². The zero-order valence-corrected chi connectivity index (χ0v) is 28.0. The van der Waals surface area contributed by atoms with Crippen molar-refractivity contribution in [2.45, 2.75) is 90.9 Å². The number of phenolic OH excluding ortho intramolecular Hbond substituents is 4. The smallest absolute Gasteiger partial charge is 0.160 e. The number of benzene rings is 4. The lowest BCUT2D eigenvalue weighted by Gasteiger charge is -2.26. The number of aromatic hydroxyl groups is 4. The highest BCUT2D eigenvalue weighted by Gasteiger charge is 2.25. The van der Waals surface area contributed by atoms with E-state index < -0.39 is 0 Å². The summed E-state index contributed by atoms with van der Waals surface area (Å²) in [5, 5.41) is 39.5. The largest absolute Gasteiger partial charge is 0.508 e. The third-order valence-corrected chi connectivity index (χ3v) is 8.36. The van der Waals surface area contributed by atoms with Crippen LogP contribution in [0.4, 0.5) is 0 Å². The lowest BCUT2D eigenvalue weighted by molar-refractivity contribution is 0.372. The van der Waals surface area contributed by atoms with Crippen molar-refractivity contribution in [2.75, 3.05) is 7.11 Å². The summed E-state index contributed by atoms with van der Waals surface area (Å²) in [6.45, 7) is 19.1. The Morgan fingerprint density at radius 1 is 0.568 bits per heavy atom. The van der Waals surface area contributed by atoms with Gasteiger partial charge in [0, 0.05) is 11.3 Å². The first-order valence-electron chi connectivity index (χ1n) is 15.2. The van der Waals surface area contributed by atoms with E-state index >= 15 is 0 Å². The Morgan fingerprint density at radius 2 is 1.00 bits per heavy atom. The van der Waals surface area contributed by atoms with Gasteiger partial charge in [-0.2, -0.15) is 0 Å². The molecular formula is C39H50O5. The van der Waals surface area contributed by atoms with Crippen LogP contribution in [0.25, 0.3) is 0 Å². The zero-order chi connectivity index (χ0) is 33.0. The van der Waals surface area contributed by atoms with Gasteiger partial charge < -0.3 is 25.2 Å². The van der Waals surface area contributed by atoms with Crippen LogP contribution in [-0.4, -0.2) is 27.5 Å². The minimum atomic E-state index is -0.241. The molecule has 0 unspecified atom stereocenters. The van der Waals surface area contributed by atoms with Gasteiger partial charge in [-0.15, -0.1) is 0 Å². The second-order valence-electron chi connectivity index (χ2n) is 14.1. The van der Waals surface area contributed by atoms with Gasteiger partial charge in [-0.05, 0) is 87.0 Å². The molecule has 44 heavy (non-hydrogen) atoms. The number of hydrogen-bond acceptors (Lipinski definition) is 5. The minimum Gasteiger partial charge on any atom is -0.508 e. The van der Waals surface area contributed by atoms with Crippen LogP contribution in [0.1, 0.15) is 108 Å². The molecule has 0 amide bonds. The van der Waals surface area contributed by atoms with Crippen molar-refractivity contribution in [3.8, 4) is 28.7 Å². The van der Waals surface area contributed by atoms with Crippen LogP contribution >= 0.6 is 0 Å². The number of phenols is 4. The highest BCUT2D eigenvalue weighted by molar-refractivity contribution is 5.49. The second kappa shape index (κ2) is 13.3. The number of hydrogen-bond donors (Lipinski definition) is 4. The van der Waals surface area contributed by atoms with E-state index in [1.807, 2.05) is 48.5 Å². The molecule has 0 radical (unpaired) electrons. The van der Waals surface area contributed by atoms with Gasteiger partial charge in [0.05, 0.1) is 7.11 Å². The maximum absolute atomic E-state index is 10.2. The average Bonchev–Trinajstić information content (AvgIpc) is 2.94. The maximum atomic E-state index is 10.2. The van der Waals surface area contributed by atoms with E-state index in [4.69, 9.17) is 4.74 Å². The van der Waals surface area contributed by atoms with Crippen molar-refractivity contribution >= 4 is 0 Å². The number of methoxy groups -OCH3 is 1. The SMILES string of the molecule is CCC(c1ccc(O)c(C(C)(C)C)c1)c1ccc(O)c(C(C)(C)C)c1.COc1cc(C(C)(C)c2ccc(O)cc2)ccc1O. The predicted octanol–water partition coefficient (Wildman–Crippen LogP) is 9.67. The van der Waals surface area contributed by atoms with E-state index in [1.54, 1.807) is 18.2 Å². The third-order valence-electron chi connectivity index (χ3n) is 8.36. The van der Waals surface area contributed by atoms with E-state index in [0.29, 0.717) is 17.2 Å². The van der Waals surface area contributed by atoms with E-state index in [0.717, 1.165) is 28.7 Å². The molecule has 0 aliphatic carbocycles. The molecule has 0 bridgehead atoms. The summed E-state index contributed by atoms with van der Waals surface area (Å²) in [5.41, 5.74) is 6.01. The van der Waals surface area contributed by atoms with Crippen molar-refractivity contribution in [3.63, 3.8) is 0 Å². The first-order valence-corrected chi connectivity index (χ1v) is 15.2. The van der Waals surface area contributed by atoms with Crippen molar-refractivity contribution < 1.29 is 25.2 Å². The molecule has 0 atom stereocenters. The summed E-state index contributed by atoms with van der Waals surface area (Å²) in [6.07, 6.45) is 0.961. The monoisotopic (exact) mass is 598 g/mol. The van der Waals surface area contributed by atoms with Crippen molar-refractivity contribution in [1.82, 2.24) is 0 Å². The summed E-state index contributed by atoms with van der Waals surface area (Å²) < 4.78 is 5.15. The van der Waals surface area contributed by atoms with E-state index in [9.17, 15) is 20.4 Å². The average molecular weight is 599 g/mol. The Hall–Kier alpha value is -4.12. The molecule has 236 valence electrons. The highest BCUT2D eigenvalue weighted by atomic mass is 16.5. The normalized spacial score (nSPS) is 12.1.